The Bertz CT molecular complexity index is 654. The summed E-state index contributed by atoms with van der Waals surface area (Å²) >= 11 is 0. The number of halogens is 1. The van der Waals surface area contributed by atoms with E-state index >= 15 is 0 Å². The summed E-state index contributed by atoms with van der Waals surface area (Å²) in [5.74, 6) is -0.485. The monoisotopic (exact) mass is 333 g/mol. The second-order valence-corrected chi connectivity index (χ2v) is 8.19. The Balaban J connectivity index is 1.75. The molecule has 1 amide bonds. The van der Waals surface area contributed by atoms with Crippen LogP contribution in [-0.2, 0) is 14.1 Å². The summed E-state index contributed by atoms with van der Waals surface area (Å²) in [6.45, 7) is 9.66. The molecule has 1 saturated heterocycles. The molecule has 24 heavy (non-hydrogen) atoms. The summed E-state index contributed by atoms with van der Waals surface area (Å²) in [5, 5.41) is 2.81. The van der Waals surface area contributed by atoms with Crippen molar-refractivity contribution in [1.29, 1.82) is 0 Å². The minimum Gasteiger partial charge on any atom is -0.399 e. The fraction of sp³-hybridized carbons (Fsp3) is 0.611. The lowest BCUT2D eigenvalue weighted by Gasteiger charge is -2.36. The molecule has 1 heterocycles. The molecule has 6 heteroatoms. The standard InChI is InChI=1S/C18H25BFNO3/c1-16(2)17(3,4)24-19(23-16)13-8-7-12(11-14(13)20)21-15(22)18(5)9-6-10-18/h7-8,11H,6,9-10H2,1-5H3,(H,21,22). The average Bonchev–Trinajstić information content (AvgIpc) is 2.64. The second kappa shape index (κ2) is 5.56. The zero-order chi connectivity index (χ0) is 17.8. The SMILES string of the molecule is CC1(C(=O)Nc2ccc(B3OC(C)(C)C(C)(C)O3)c(F)c2)CCC1. The molecule has 1 aliphatic heterocycles. The van der Waals surface area contributed by atoms with Crippen LogP contribution in [0.3, 0.4) is 0 Å². The van der Waals surface area contributed by atoms with E-state index in [1.807, 2.05) is 34.6 Å². The van der Waals surface area contributed by atoms with E-state index in [1.165, 1.54) is 6.07 Å². The van der Waals surface area contributed by atoms with Gasteiger partial charge in [0.2, 0.25) is 5.91 Å². The normalized spacial score (nSPS) is 23.7. The molecule has 1 N–H and O–H groups in total. The first-order chi connectivity index (χ1) is 11.0. The van der Waals surface area contributed by atoms with E-state index in [1.54, 1.807) is 12.1 Å². The highest BCUT2D eigenvalue weighted by Gasteiger charge is 2.52. The van der Waals surface area contributed by atoms with Gasteiger partial charge >= 0.3 is 7.12 Å². The van der Waals surface area contributed by atoms with Crippen LogP contribution in [-0.4, -0.2) is 24.2 Å². The molecular weight excluding hydrogens is 308 g/mol. The van der Waals surface area contributed by atoms with Crippen LogP contribution in [0.1, 0.15) is 53.9 Å². The molecule has 1 aromatic rings. The number of benzene rings is 1. The van der Waals surface area contributed by atoms with Gasteiger partial charge in [0.1, 0.15) is 5.82 Å². The van der Waals surface area contributed by atoms with Crippen LogP contribution in [0.15, 0.2) is 18.2 Å². The molecule has 1 aromatic carbocycles. The van der Waals surface area contributed by atoms with Crippen LogP contribution in [0.2, 0.25) is 0 Å². The van der Waals surface area contributed by atoms with Gasteiger partial charge in [-0.05, 0) is 52.7 Å². The molecule has 1 aliphatic carbocycles. The first kappa shape index (κ1) is 17.4. The number of carbonyl (C=O) groups excluding carboxylic acids is 1. The Kier molecular flexibility index (Phi) is 4.04. The molecule has 1 saturated carbocycles. The number of hydrogen-bond donors (Lipinski definition) is 1. The lowest BCUT2D eigenvalue weighted by molar-refractivity contribution is -0.128. The van der Waals surface area contributed by atoms with Gasteiger partial charge in [0, 0.05) is 16.6 Å². The zero-order valence-electron chi connectivity index (χ0n) is 15.0. The summed E-state index contributed by atoms with van der Waals surface area (Å²) in [4.78, 5) is 12.3. The van der Waals surface area contributed by atoms with Crippen LogP contribution in [0.4, 0.5) is 10.1 Å². The molecule has 0 unspecified atom stereocenters. The third-order valence-corrected chi connectivity index (χ3v) is 5.77. The van der Waals surface area contributed by atoms with Gasteiger partial charge in [-0.25, -0.2) is 4.39 Å². The average molecular weight is 333 g/mol. The van der Waals surface area contributed by atoms with Crippen LogP contribution in [0.5, 0.6) is 0 Å². The van der Waals surface area contributed by atoms with Gasteiger partial charge in [-0.3, -0.25) is 4.79 Å². The zero-order valence-corrected chi connectivity index (χ0v) is 15.0. The van der Waals surface area contributed by atoms with Crippen molar-refractivity contribution in [2.24, 2.45) is 5.41 Å². The molecule has 0 radical (unpaired) electrons. The fourth-order valence-electron chi connectivity index (χ4n) is 2.98. The number of amides is 1. The van der Waals surface area contributed by atoms with Crippen molar-refractivity contribution in [1.82, 2.24) is 0 Å². The lowest BCUT2D eigenvalue weighted by atomic mass is 9.70. The van der Waals surface area contributed by atoms with E-state index in [4.69, 9.17) is 9.31 Å². The van der Waals surface area contributed by atoms with E-state index in [2.05, 4.69) is 5.32 Å². The van der Waals surface area contributed by atoms with Crippen molar-refractivity contribution >= 4 is 24.2 Å². The third-order valence-electron chi connectivity index (χ3n) is 5.77. The van der Waals surface area contributed by atoms with Gasteiger partial charge in [0.25, 0.3) is 0 Å². The smallest absolute Gasteiger partial charge is 0.399 e. The number of nitrogens with one attached hydrogen (secondary N) is 1. The topological polar surface area (TPSA) is 47.6 Å². The van der Waals surface area contributed by atoms with Crippen molar-refractivity contribution in [3.05, 3.63) is 24.0 Å². The highest BCUT2D eigenvalue weighted by Crippen LogP contribution is 2.41. The summed E-state index contributed by atoms with van der Waals surface area (Å²) in [7, 11) is -0.746. The molecule has 0 spiro atoms. The maximum absolute atomic E-state index is 14.5. The van der Waals surface area contributed by atoms with Crippen molar-refractivity contribution in [3.8, 4) is 0 Å². The summed E-state index contributed by atoms with van der Waals surface area (Å²) < 4.78 is 26.3. The molecule has 130 valence electrons. The Hall–Kier alpha value is -1.40. The van der Waals surface area contributed by atoms with Gasteiger partial charge in [0.05, 0.1) is 11.2 Å². The van der Waals surface area contributed by atoms with Gasteiger partial charge < -0.3 is 14.6 Å². The van der Waals surface area contributed by atoms with Crippen molar-refractivity contribution in [3.63, 3.8) is 0 Å². The molecule has 4 nitrogen and oxygen atoms in total. The Morgan fingerprint density at radius 3 is 2.17 bits per heavy atom. The predicted octanol–water partition coefficient (Wildman–Crippen LogP) is 3.25. The lowest BCUT2D eigenvalue weighted by Crippen LogP contribution is -2.41. The van der Waals surface area contributed by atoms with Gasteiger partial charge in [-0.1, -0.05) is 19.4 Å². The maximum Gasteiger partial charge on any atom is 0.497 e. The molecule has 0 aromatic heterocycles. The molecule has 0 atom stereocenters. The molecule has 0 bridgehead atoms. The number of rotatable bonds is 3. The first-order valence-corrected chi connectivity index (χ1v) is 8.51. The van der Waals surface area contributed by atoms with E-state index in [9.17, 15) is 9.18 Å². The largest absolute Gasteiger partial charge is 0.497 e. The highest BCUT2D eigenvalue weighted by molar-refractivity contribution is 6.62. The second-order valence-electron chi connectivity index (χ2n) is 8.19. The Morgan fingerprint density at radius 1 is 1.12 bits per heavy atom. The van der Waals surface area contributed by atoms with E-state index < -0.39 is 24.1 Å². The number of hydrogen-bond acceptors (Lipinski definition) is 3. The fourth-order valence-corrected chi connectivity index (χ4v) is 2.98. The summed E-state index contributed by atoms with van der Waals surface area (Å²) in [6, 6.07) is 4.65. The third kappa shape index (κ3) is 2.86. The van der Waals surface area contributed by atoms with Gasteiger partial charge in [-0.2, -0.15) is 0 Å². The Morgan fingerprint density at radius 2 is 1.71 bits per heavy atom. The Labute approximate surface area is 143 Å². The van der Waals surface area contributed by atoms with Crippen LogP contribution in [0.25, 0.3) is 0 Å². The van der Waals surface area contributed by atoms with Crippen LogP contribution >= 0.6 is 0 Å². The maximum atomic E-state index is 14.5. The molecular formula is C18H25BFNO3. The van der Waals surface area contributed by atoms with Crippen LogP contribution < -0.4 is 10.8 Å². The number of carbonyl (C=O) groups is 1. The first-order valence-electron chi connectivity index (χ1n) is 8.51. The van der Waals surface area contributed by atoms with Gasteiger partial charge in [0.15, 0.2) is 0 Å². The van der Waals surface area contributed by atoms with Crippen molar-refractivity contribution in [2.75, 3.05) is 5.32 Å². The van der Waals surface area contributed by atoms with E-state index in [-0.39, 0.29) is 11.3 Å². The van der Waals surface area contributed by atoms with E-state index in [0.717, 1.165) is 19.3 Å². The summed E-state index contributed by atoms with van der Waals surface area (Å²) in [5.41, 5.74) is -0.542. The minimum atomic E-state index is -0.746. The van der Waals surface area contributed by atoms with E-state index in [0.29, 0.717) is 11.2 Å². The number of anilines is 1. The van der Waals surface area contributed by atoms with Crippen molar-refractivity contribution in [2.45, 2.75) is 65.1 Å². The van der Waals surface area contributed by atoms with Gasteiger partial charge in [-0.15, -0.1) is 0 Å². The predicted molar refractivity (Wildman–Crippen MR) is 92.7 cm³/mol. The minimum absolute atomic E-state index is 0.0449. The van der Waals surface area contributed by atoms with Crippen LogP contribution in [0, 0.1) is 11.2 Å². The summed E-state index contributed by atoms with van der Waals surface area (Å²) in [6.07, 6.45) is 2.83. The van der Waals surface area contributed by atoms with Crippen molar-refractivity contribution < 1.29 is 18.5 Å². The highest BCUT2D eigenvalue weighted by atomic mass is 19.1. The molecule has 2 aliphatic rings. The molecule has 2 fully saturated rings. The molecule has 3 rings (SSSR count). The quantitative estimate of drug-likeness (QED) is 0.864.